The van der Waals surface area contributed by atoms with Crippen LogP contribution in [0.1, 0.15) is 27.6 Å². The quantitative estimate of drug-likeness (QED) is 0.871. The standard InChI is InChI=1S/C14H16ClNS/c1-9-5-4-6-11(7-9)13(16-3)14-12(15)10(2)8-17-14/h4-8,13,16H,1-3H3. The molecule has 1 aromatic heterocycles. The zero-order chi connectivity index (χ0) is 12.4. The fourth-order valence-electron chi connectivity index (χ4n) is 1.94. The molecule has 0 bridgehead atoms. The van der Waals surface area contributed by atoms with Crippen LogP contribution in [0.25, 0.3) is 0 Å². The summed E-state index contributed by atoms with van der Waals surface area (Å²) < 4.78 is 0. The Morgan fingerprint density at radius 2 is 2.06 bits per heavy atom. The summed E-state index contributed by atoms with van der Waals surface area (Å²) in [5, 5.41) is 6.34. The zero-order valence-electron chi connectivity index (χ0n) is 10.3. The molecule has 2 rings (SSSR count). The van der Waals surface area contributed by atoms with Crippen molar-refractivity contribution in [3.8, 4) is 0 Å². The van der Waals surface area contributed by atoms with Gasteiger partial charge in [-0.25, -0.2) is 0 Å². The van der Waals surface area contributed by atoms with Gasteiger partial charge in [0.1, 0.15) is 0 Å². The zero-order valence-corrected chi connectivity index (χ0v) is 11.8. The molecule has 1 nitrogen and oxygen atoms in total. The number of aryl methyl sites for hydroxylation is 2. The van der Waals surface area contributed by atoms with Gasteiger partial charge in [-0.15, -0.1) is 11.3 Å². The summed E-state index contributed by atoms with van der Waals surface area (Å²) in [6, 6.07) is 8.72. The Balaban J connectivity index is 2.44. The molecule has 17 heavy (non-hydrogen) atoms. The van der Waals surface area contributed by atoms with E-state index in [2.05, 4.69) is 41.9 Å². The molecule has 1 N–H and O–H groups in total. The van der Waals surface area contributed by atoms with Gasteiger partial charge in [0.2, 0.25) is 0 Å². The summed E-state index contributed by atoms with van der Waals surface area (Å²) in [5.41, 5.74) is 3.68. The van der Waals surface area contributed by atoms with Crippen LogP contribution >= 0.6 is 22.9 Å². The Morgan fingerprint density at radius 1 is 1.29 bits per heavy atom. The van der Waals surface area contributed by atoms with Crippen molar-refractivity contribution in [1.82, 2.24) is 5.32 Å². The van der Waals surface area contributed by atoms with Crippen molar-refractivity contribution in [3.05, 3.63) is 56.2 Å². The fourth-order valence-corrected chi connectivity index (χ4v) is 3.38. The molecule has 0 fully saturated rings. The van der Waals surface area contributed by atoms with Gasteiger partial charge in [-0.05, 0) is 37.4 Å². The van der Waals surface area contributed by atoms with E-state index in [0.29, 0.717) is 0 Å². The number of hydrogen-bond acceptors (Lipinski definition) is 2. The molecule has 1 unspecified atom stereocenters. The Bertz CT molecular complexity index is 519. The summed E-state index contributed by atoms with van der Waals surface area (Å²) in [4.78, 5) is 1.19. The van der Waals surface area contributed by atoms with E-state index in [1.807, 2.05) is 14.0 Å². The molecule has 1 heterocycles. The van der Waals surface area contributed by atoms with E-state index in [9.17, 15) is 0 Å². The summed E-state index contributed by atoms with van der Waals surface area (Å²) in [7, 11) is 1.97. The second kappa shape index (κ2) is 5.21. The molecule has 0 spiro atoms. The Labute approximate surface area is 111 Å². The second-order valence-corrected chi connectivity index (χ2v) is 5.52. The van der Waals surface area contributed by atoms with Gasteiger partial charge in [-0.2, -0.15) is 0 Å². The van der Waals surface area contributed by atoms with Crippen LogP contribution in [-0.4, -0.2) is 7.05 Å². The van der Waals surface area contributed by atoms with Crippen LogP contribution in [0, 0.1) is 13.8 Å². The Morgan fingerprint density at radius 3 is 2.59 bits per heavy atom. The van der Waals surface area contributed by atoms with Gasteiger partial charge >= 0.3 is 0 Å². The predicted octanol–water partition coefficient (Wildman–Crippen LogP) is 4.33. The highest BCUT2D eigenvalue weighted by atomic mass is 35.5. The van der Waals surface area contributed by atoms with Crippen LogP contribution in [0.5, 0.6) is 0 Å². The summed E-state index contributed by atoms with van der Waals surface area (Å²) in [6.07, 6.45) is 0. The van der Waals surface area contributed by atoms with Gasteiger partial charge < -0.3 is 5.32 Å². The van der Waals surface area contributed by atoms with Gasteiger partial charge in [-0.1, -0.05) is 41.4 Å². The monoisotopic (exact) mass is 265 g/mol. The molecule has 3 heteroatoms. The van der Waals surface area contributed by atoms with E-state index in [4.69, 9.17) is 11.6 Å². The highest BCUT2D eigenvalue weighted by Crippen LogP contribution is 2.35. The van der Waals surface area contributed by atoms with Crippen LogP contribution in [-0.2, 0) is 0 Å². The first kappa shape index (κ1) is 12.6. The lowest BCUT2D eigenvalue weighted by atomic mass is 10.0. The maximum absolute atomic E-state index is 6.34. The lowest BCUT2D eigenvalue weighted by Gasteiger charge is -2.16. The molecule has 2 aromatic rings. The smallest absolute Gasteiger partial charge is 0.0683 e. The molecule has 1 atom stereocenters. The number of rotatable bonds is 3. The van der Waals surface area contributed by atoms with Crippen LogP contribution in [0.3, 0.4) is 0 Å². The third kappa shape index (κ3) is 2.54. The minimum absolute atomic E-state index is 0.182. The van der Waals surface area contributed by atoms with E-state index in [1.165, 1.54) is 16.0 Å². The van der Waals surface area contributed by atoms with E-state index >= 15 is 0 Å². The van der Waals surface area contributed by atoms with Crippen LogP contribution in [0.4, 0.5) is 0 Å². The molecule has 0 saturated heterocycles. The number of halogens is 1. The van der Waals surface area contributed by atoms with Gasteiger partial charge in [0.05, 0.1) is 11.1 Å². The summed E-state index contributed by atoms with van der Waals surface area (Å²) in [6.45, 7) is 4.16. The molecule has 0 radical (unpaired) electrons. The molecule has 1 aromatic carbocycles. The minimum Gasteiger partial charge on any atom is -0.309 e. The van der Waals surface area contributed by atoms with E-state index in [-0.39, 0.29) is 6.04 Å². The number of nitrogens with one attached hydrogen (secondary N) is 1. The Kier molecular flexibility index (Phi) is 3.87. The topological polar surface area (TPSA) is 12.0 Å². The molecule has 0 aliphatic rings. The highest BCUT2D eigenvalue weighted by molar-refractivity contribution is 7.10. The normalized spacial score (nSPS) is 12.7. The summed E-state index contributed by atoms with van der Waals surface area (Å²) >= 11 is 8.06. The van der Waals surface area contributed by atoms with Crippen molar-refractivity contribution in [1.29, 1.82) is 0 Å². The summed E-state index contributed by atoms with van der Waals surface area (Å²) in [5.74, 6) is 0. The maximum atomic E-state index is 6.34. The molecule has 0 aliphatic carbocycles. The average Bonchev–Trinajstić information content (AvgIpc) is 2.63. The first-order valence-corrected chi connectivity index (χ1v) is 6.86. The van der Waals surface area contributed by atoms with Crippen LogP contribution < -0.4 is 5.32 Å². The van der Waals surface area contributed by atoms with Crippen molar-refractivity contribution in [2.45, 2.75) is 19.9 Å². The van der Waals surface area contributed by atoms with Crippen molar-refractivity contribution < 1.29 is 0 Å². The van der Waals surface area contributed by atoms with E-state index < -0.39 is 0 Å². The lowest BCUT2D eigenvalue weighted by molar-refractivity contribution is 0.703. The number of thiophene rings is 1. The molecular formula is C14H16ClNS. The van der Waals surface area contributed by atoms with E-state index in [1.54, 1.807) is 11.3 Å². The molecule has 0 aliphatic heterocycles. The minimum atomic E-state index is 0.182. The van der Waals surface area contributed by atoms with Gasteiger partial charge in [0.25, 0.3) is 0 Å². The van der Waals surface area contributed by atoms with Gasteiger partial charge in [0, 0.05) is 4.88 Å². The third-order valence-electron chi connectivity index (χ3n) is 2.85. The fraction of sp³-hybridized carbons (Fsp3) is 0.286. The highest BCUT2D eigenvalue weighted by Gasteiger charge is 2.18. The maximum Gasteiger partial charge on any atom is 0.0683 e. The molecule has 90 valence electrons. The molecule has 0 amide bonds. The van der Waals surface area contributed by atoms with Crippen LogP contribution in [0.15, 0.2) is 29.6 Å². The number of hydrogen-bond donors (Lipinski definition) is 1. The second-order valence-electron chi connectivity index (χ2n) is 4.23. The van der Waals surface area contributed by atoms with Crippen molar-refractivity contribution in [2.24, 2.45) is 0 Å². The Hall–Kier alpha value is -0.830. The van der Waals surface area contributed by atoms with E-state index in [0.717, 1.165) is 10.6 Å². The lowest BCUT2D eigenvalue weighted by Crippen LogP contribution is -2.16. The molecular weight excluding hydrogens is 250 g/mol. The predicted molar refractivity (Wildman–Crippen MR) is 76.1 cm³/mol. The van der Waals surface area contributed by atoms with Crippen molar-refractivity contribution in [2.75, 3.05) is 7.05 Å². The first-order valence-electron chi connectivity index (χ1n) is 5.60. The van der Waals surface area contributed by atoms with Crippen molar-refractivity contribution in [3.63, 3.8) is 0 Å². The van der Waals surface area contributed by atoms with Crippen molar-refractivity contribution >= 4 is 22.9 Å². The van der Waals surface area contributed by atoms with Crippen LogP contribution in [0.2, 0.25) is 5.02 Å². The van der Waals surface area contributed by atoms with Gasteiger partial charge in [-0.3, -0.25) is 0 Å². The largest absolute Gasteiger partial charge is 0.309 e. The number of benzene rings is 1. The third-order valence-corrected chi connectivity index (χ3v) is 4.63. The first-order chi connectivity index (χ1) is 8.13. The molecule has 0 saturated carbocycles. The van der Waals surface area contributed by atoms with Gasteiger partial charge in [0.15, 0.2) is 0 Å². The SMILES string of the molecule is CNC(c1cccc(C)c1)c1scc(C)c1Cl. The average molecular weight is 266 g/mol.